The van der Waals surface area contributed by atoms with E-state index in [1.165, 1.54) is 14.2 Å². The van der Waals surface area contributed by atoms with E-state index in [2.05, 4.69) is 5.16 Å². The van der Waals surface area contributed by atoms with Crippen LogP contribution in [0.1, 0.15) is 34.0 Å². The number of para-hydroxylation sites is 1. The summed E-state index contributed by atoms with van der Waals surface area (Å²) in [7, 11) is 2.90. The highest BCUT2D eigenvalue weighted by atomic mass is 16.6. The highest BCUT2D eigenvalue weighted by molar-refractivity contribution is 6.03. The van der Waals surface area contributed by atoms with Crippen LogP contribution in [0, 0.1) is 0 Å². The van der Waals surface area contributed by atoms with Crippen molar-refractivity contribution in [1.29, 1.82) is 0 Å². The average Bonchev–Trinajstić information content (AvgIpc) is 2.61. The SMILES string of the molecule is CON=C1CC(c2ccc(C(=O)OC)cc2)Oc2ccccc21. The quantitative estimate of drug-likeness (QED) is 0.644. The summed E-state index contributed by atoms with van der Waals surface area (Å²) < 4.78 is 10.8. The van der Waals surface area contributed by atoms with Crippen molar-refractivity contribution < 1.29 is 19.1 Å². The van der Waals surface area contributed by atoms with Crippen molar-refractivity contribution in [1.82, 2.24) is 0 Å². The minimum Gasteiger partial charge on any atom is -0.485 e. The summed E-state index contributed by atoms with van der Waals surface area (Å²) in [4.78, 5) is 16.5. The molecule has 118 valence electrons. The Balaban J connectivity index is 1.90. The second-order valence-electron chi connectivity index (χ2n) is 5.14. The van der Waals surface area contributed by atoms with Crippen LogP contribution in [0.5, 0.6) is 5.75 Å². The number of carbonyl (C=O) groups is 1. The van der Waals surface area contributed by atoms with E-state index < -0.39 is 0 Å². The first kappa shape index (κ1) is 15.1. The summed E-state index contributed by atoms with van der Waals surface area (Å²) in [5, 5.41) is 4.12. The lowest BCUT2D eigenvalue weighted by atomic mass is 9.95. The number of hydrogen-bond acceptors (Lipinski definition) is 5. The molecule has 2 aromatic rings. The van der Waals surface area contributed by atoms with Crippen LogP contribution in [-0.2, 0) is 9.57 Å². The topological polar surface area (TPSA) is 57.1 Å². The fraction of sp³-hybridized carbons (Fsp3) is 0.222. The summed E-state index contributed by atoms with van der Waals surface area (Å²) in [5.41, 5.74) is 3.27. The van der Waals surface area contributed by atoms with E-state index in [0.29, 0.717) is 12.0 Å². The Morgan fingerprint density at radius 1 is 1.13 bits per heavy atom. The lowest BCUT2D eigenvalue weighted by Crippen LogP contribution is -2.21. The molecule has 1 aliphatic heterocycles. The number of oxime groups is 1. The van der Waals surface area contributed by atoms with E-state index in [1.54, 1.807) is 12.1 Å². The fourth-order valence-corrected chi connectivity index (χ4v) is 2.62. The third kappa shape index (κ3) is 3.04. The number of methoxy groups -OCH3 is 1. The standard InChI is InChI=1S/C18H17NO4/c1-21-18(20)13-9-7-12(8-10-13)17-11-15(19-22-2)14-5-3-4-6-16(14)23-17/h3-10,17H,11H2,1-2H3. The number of rotatable bonds is 3. The van der Waals surface area contributed by atoms with Crippen LogP contribution in [0.3, 0.4) is 0 Å². The van der Waals surface area contributed by atoms with Crippen molar-refractivity contribution in [2.75, 3.05) is 14.2 Å². The average molecular weight is 311 g/mol. The molecule has 5 nitrogen and oxygen atoms in total. The molecule has 0 spiro atoms. The van der Waals surface area contributed by atoms with Gasteiger partial charge in [-0.15, -0.1) is 0 Å². The number of nitrogens with zero attached hydrogens (tertiary/aromatic N) is 1. The van der Waals surface area contributed by atoms with Crippen LogP contribution in [0.4, 0.5) is 0 Å². The largest absolute Gasteiger partial charge is 0.485 e. The maximum Gasteiger partial charge on any atom is 0.337 e. The predicted molar refractivity (Wildman–Crippen MR) is 85.8 cm³/mol. The molecule has 0 bridgehead atoms. The van der Waals surface area contributed by atoms with Gasteiger partial charge >= 0.3 is 5.97 Å². The van der Waals surface area contributed by atoms with E-state index >= 15 is 0 Å². The van der Waals surface area contributed by atoms with Crippen LogP contribution < -0.4 is 4.74 Å². The second kappa shape index (κ2) is 6.52. The van der Waals surface area contributed by atoms with E-state index in [0.717, 1.165) is 22.6 Å². The Morgan fingerprint density at radius 2 is 1.87 bits per heavy atom. The first-order valence-electron chi connectivity index (χ1n) is 7.27. The molecule has 1 unspecified atom stereocenters. The van der Waals surface area contributed by atoms with Crippen LogP contribution in [-0.4, -0.2) is 25.9 Å². The molecule has 1 heterocycles. The third-order valence-corrected chi connectivity index (χ3v) is 3.75. The molecule has 0 amide bonds. The molecule has 0 aromatic heterocycles. The van der Waals surface area contributed by atoms with Crippen molar-refractivity contribution in [3.63, 3.8) is 0 Å². The van der Waals surface area contributed by atoms with Gasteiger partial charge in [-0.25, -0.2) is 4.79 Å². The Morgan fingerprint density at radius 3 is 2.57 bits per heavy atom. The predicted octanol–water partition coefficient (Wildman–Crippen LogP) is 3.35. The highest BCUT2D eigenvalue weighted by Crippen LogP contribution is 2.35. The van der Waals surface area contributed by atoms with Crippen LogP contribution in [0.25, 0.3) is 0 Å². The minimum absolute atomic E-state index is 0.175. The number of hydrogen-bond donors (Lipinski definition) is 0. The Kier molecular flexibility index (Phi) is 4.28. The second-order valence-corrected chi connectivity index (χ2v) is 5.14. The van der Waals surface area contributed by atoms with Crippen LogP contribution in [0.2, 0.25) is 0 Å². The maximum atomic E-state index is 11.5. The number of ether oxygens (including phenoxy) is 2. The molecular weight excluding hydrogens is 294 g/mol. The van der Waals surface area contributed by atoms with Crippen LogP contribution in [0.15, 0.2) is 53.7 Å². The van der Waals surface area contributed by atoms with Crippen molar-refractivity contribution in [2.24, 2.45) is 5.16 Å². The fourth-order valence-electron chi connectivity index (χ4n) is 2.62. The first-order chi connectivity index (χ1) is 11.2. The van der Waals surface area contributed by atoms with Gasteiger partial charge < -0.3 is 14.3 Å². The Bertz CT molecular complexity index is 737. The smallest absolute Gasteiger partial charge is 0.337 e. The molecule has 0 radical (unpaired) electrons. The number of esters is 1. The van der Waals surface area contributed by atoms with Gasteiger partial charge in [0.1, 0.15) is 19.0 Å². The number of fused-ring (bicyclic) bond motifs is 1. The van der Waals surface area contributed by atoms with Gasteiger partial charge in [-0.05, 0) is 29.8 Å². The van der Waals surface area contributed by atoms with E-state index in [9.17, 15) is 4.79 Å². The first-order valence-corrected chi connectivity index (χ1v) is 7.27. The summed E-state index contributed by atoms with van der Waals surface area (Å²) in [5.74, 6) is 0.421. The molecule has 0 saturated carbocycles. The Labute approximate surface area is 134 Å². The number of carbonyl (C=O) groups excluding carboxylic acids is 1. The van der Waals surface area contributed by atoms with Crippen molar-refractivity contribution >= 4 is 11.7 Å². The normalized spacial score (nSPS) is 18.0. The van der Waals surface area contributed by atoms with Crippen LogP contribution >= 0.6 is 0 Å². The zero-order chi connectivity index (χ0) is 16.2. The van der Waals surface area contributed by atoms with E-state index in [-0.39, 0.29) is 12.1 Å². The Hall–Kier alpha value is -2.82. The van der Waals surface area contributed by atoms with Gasteiger partial charge in [0.15, 0.2) is 0 Å². The monoisotopic (exact) mass is 311 g/mol. The van der Waals surface area contributed by atoms with E-state index in [1.807, 2.05) is 36.4 Å². The molecule has 0 aliphatic carbocycles. The molecule has 0 saturated heterocycles. The molecule has 5 heteroatoms. The molecule has 23 heavy (non-hydrogen) atoms. The molecule has 3 rings (SSSR count). The van der Waals surface area contributed by atoms with Gasteiger partial charge in [0.2, 0.25) is 0 Å². The van der Waals surface area contributed by atoms with Crippen molar-refractivity contribution in [3.05, 3.63) is 65.2 Å². The maximum absolute atomic E-state index is 11.5. The molecular formula is C18H17NO4. The van der Waals surface area contributed by atoms with Gasteiger partial charge in [0.25, 0.3) is 0 Å². The lowest BCUT2D eigenvalue weighted by molar-refractivity contribution is 0.0600. The summed E-state index contributed by atoms with van der Waals surface area (Å²) in [6.45, 7) is 0. The zero-order valence-corrected chi connectivity index (χ0v) is 13.0. The molecule has 1 aliphatic rings. The van der Waals surface area contributed by atoms with Gasteiger partial charge in [-0.2, -0.15) is 0 Å². The molecule has 1 atom stereocenters. The number of benzene rings is 2. The van der Waals surface area contributed by atoms with Gasteiger partial charge in [0, 0.05) is 12.0 Å². The van der Waals surface area contributed by atoms with Gasteiger partial charge in [0.05, 0.1) is 18.4 Å². The van der Waals surface area contributed by atoms with E-state index in [4.69, 9.17) is 14.3 Å². The van der Waals surface area contributed by atoms with Gasteiger partial charge in [-0.1, -0.05) is 29.4 Å². The lowest BCUT2D eigenvalue weighted by Gasteiger charge is -2.27. The molecule has 0 fully saturated rings. The summed E-state index contributed by atoms with van der Waals surface area (Å²) >= 11 is 0. The molecule has 0 N–H and O–H groups in total. The molecule has 2 aromatic carbocycles. The van der Waals surface area contributed by atoms with Gasteiger partial charge in [-0.3, -0.25) is 0 Å². The minimum atomic E-state index is -0.354. The third-order valence-electron chi connectivity index (χ3n) is 3.75. The highest BCUT2D eigenvalue weighted by Gasteiger charge is 2.26. The summed E-state index contributed by atoms with van der Waals surface area (Å²) in [6.07, 6.45) is 0.424. The van der Waals surface area contributed by atoms with Crippen molar-refractivity contribution in [2.45, 2.75) is 12.5 Å². The zero-order valence-electron chi connectivity index (χ0n) is 13.0. The van der Waals surface area contributed by atoms with Crippen molar-refractivity contribution in [3.8, 4) is 5.75 Å². The summed E-state index contributed by atoms with van der Waals surface area (Å²) in [6, 6.07) is 14.9.